The van der Waals surface area contributed by atoms with Crippen molar-refractivity contribution < 1.29 is 8.42 Å². The molecule has 1 heterocycles. The van der Waals surface area contributed by atoms with Gasteiger partial charge in [0.25, 0.3) is 0 Å². The topological polar surface area (TPSA) is 58.2 Å². The van der Waals surface area contributed by atoms with Crippen molar-refractivity contribution in [2.24, 2.45) is 5.92 Å². The summed E-state index contributed by atoms with van der Waals surface area (Å²) in [6.07, 6.45) is 3.07. The fourth-order valence-electron chi connectivity index (χ4n) is 1.64. The van der Waals surface area contributed by atoms with Gasteiger partial charge < -0.3 is 5.32 Å². The van der Waals surface area contributed by atoms with Crippen molar-refractivity contribution >= 4 is 10.0 Å². The van der Waals surface area contributed by atoms with Crippen LogP contribution >= 0.6 is 0 Å². The first kappa shape index (κ1) is 12.9. The Bertz CT molecular complexity index is 271. The number of nitrogens with one attached hydrogen (secondary N) is 2. The Labute approximate surface area is 92.9 Å². The van der Waals surface area contributed by atoms with E-state index >= 15 is 0 Å². The van der Waals surface area contributed by atoms with Crippen LogP contribution in [0, 0.1) is 5.92 Å². The Kier molecular flexibility index (Phi) is 5.02. The Morgan fingerprint density at radius 2 is 2.27 bits per heavy atom. The van der Waals surface area contributed by atoms with E-state index in [-0.39, 0.29) is 11.8 Å². The maximum Gasteiger partial charge on any atom is 0.213 e. The predicted molar refractivity (Wildman–Crippen MR) is 62.3 cm³/mol. The lowest BCUT2D eigenvalue weighted by Gasteiger charge is -2.14. The minimum absolute atomic E-state index is 0.152. The van der Waals surface area contributed by atoms with E-state index in [0.717, 1.165) is 25.8 Å². The lowest BCUT2D eigenvalue weighted by atomic mass is 10.1. The summed E-state index contributed by atoms with van der Waals surface area (Å²) in [6.45, 7) is 5.63. The van der Waals surface area contributed by atoms with Gasteiger partial charge in [0.1, 0.15) is 0 Å². The predicted octanol–water partition coefficient (Wildman–Crippen LogP) is 0.704. The summed E-state index contributed by atoms with van der Waals surface area (Å²) in [5, 5.41) is 3.20. The maximum absolute atomic E-state index is 11.7. The summed E-state index contributed by atoms with van der Waals surface area (Å²) < 4.78 is 26.0. The molecule has 0 bridgehead atoms. The Morgan fingerprint density at radius 3 is 2.80 bits per heavy atom. The second-order valence-electron chi connectivity index (χ2n) is 4.44. The number of sulfonamides is 1. The van der Waals surface area contributed by atoms with E-state index in [1.165, 1.54) is 0 Å². The van der Waals surface area contributed by atoms with Gasteiger partial charge in [0, 0.05) is 12.6 Å². The van der Waals surface area contributed by atoms with Crippen molar-refractivity contribution in [3.8, 4) is 0 Å². The molecule has 1 aliphatic heterocycles. The molecule has 2 unspecified atom stereocenters. The van der Waals surface area contributed by atoms with E-state index in [2.05, 4.69) is 23.9 Å². The highest BCUT2D eigenvalue weighted by Crippen LogP contribution is 2.07. The molecule has 0 spiro atoms. The lowest BCUT2D eigenvalue weighted by Crippen LogP contribution is -2.38. The quantitative estimate of drug-likeness (QED) is 0.711. The average molecular weight is 234 g/mol. The average Bonchev–Trinajstić information content (AvgIpc) is 2.66. The van der Waals surface area contributed by atoms with Gasteiger partial charge in [-0.3, -0.25) is 0 Å². The molecule has 1 fully saturated rings. The zero-order valence-corrected chi connectivity index (χ0v) is 10.4. The molecule has 0 aromatic rings. The zero-order chi connectivity index (χ0) is 11.3. The highest BCUT2D eigenvalue weighted by atomic mass is 32.2. The van der Waals surface area contributed by atoms with Crippen LogP contribution in [-0.4, -0.2) is 33.3 Å². The summed E-state index contributed by atoms with van der Waals surface area (Å²) in [6, 6.07) is 0.152. The first-order valence-electron chi connectivity index (χ1n) is 5.74. The van der Waals surface area contributed by atoms with Gasteiger partial charge in [-0.15, -0.1) is 0 Å². The second kappa shape index (κ2) is 5.82. The fraction of sp³-hybridized carbons (Fsp3) is 1.00. The number of hydrogen-bond acceptors (Lipinski definition) is 3. The number of hydrogen-bond donors (Lipinski definition) is 2. The third-order valence-corrected chi connectivity index (χ3v) is 4.38. The van der Waals surface area contributed by atoms with Crippen LogP contribution in [0.5, 0.6) is 0 Å². The molecule has 0 saturated carbocycles. The van der Waals surface area contributed by atoms with Crippen molar-refractivity contribution in [1.82, 2.24) is 10.0 Å². The molecule has 0 aliphatic carbocycles. The monoisotopic (exact) mass is 234 g/mol. The minimum atomic E-state index is -3.08. The van der Waals surface area contributed by atoms with E-state index in [9.17, 15) is 8.42 Å². The van der Waals surface area contributed by atoms with Crippen LogP contribution in [0.1, 0.15) is 33.1 Å². The standard InChI is InChI=1S/C10H22N2O2S/c1-3-9(2)7-12-15(13,14)8-10-5-4-6-11-10/h9-12H,3-8H2,1-2H3. The van der Waals surface area contributed by atoms with E-state index < -0.39 is 10.0 Å². The van der Waals surface area contributed by atoms with Crippen molar-refractivity contribution in [3.63, 3.8) is 0 Å². The summed E-state index contributed by atoms with van der Waals surface area (Å²) in [5.74, 6) is 0.639. The minimum Gasteiger partial charge on any atom is -0.313 e. The van der Waals surface area contributed by atoms with Crippen LogP contribution in [0.25, 0.3) is 0 Å². The molecule has 2 atom stereocenters. The molecule has 0 amide bonds. The van der Waals surface area contributed by atoms with E-state index in [0.29, 0.717) is 12.5 Å². The highest BCUT2D eigenvalue weighted by Gasteiger charge is 2.21. The largest absolute Gasteiger partial charge is 0.313 e. The van der Waals surface area contributed by atoms with Gasteiger partial charge in [0.15, 0.2) is 0 Å². The van der Waals surface area contributed by atoms with Crippen LogP contribution in [0.2, 0.25) is 0 Å². The normalized spacial score (nSPS) is 24.3. The molecule has 0 aromatic heterocycles. The molecular formula is C10H22N2O2S. The molecule has 2 N–H and O–H groups in total. The SMILES string of the molecule is CCC(C)CNS(=O)(=O)CC1CCCN1. The van der Waals surface area contributed by atoms with Crippen LogP contribution in [-0.2, 0) is 10.0 Å². The molecule has 15 heavy (non-hydrogen) atoms. The molecule has 1 rings (SSSR count). The molecule has 1 saturated heterocycles. The van der Waals surface area contributed by atoms with Gasteiger partial charge in [-0.05, 0) is 25.3 Å². The van der Waals surface area contributed by atoms with Gasteiger partial charge in [-0.2, -0.15) is 0 Å². The summed E-state index contributed by atoms with van der Waals surface area (Å²) in [5.41, 5.74) is 0. The van der Waals surface area contributed by atoms with Crippen molar-refractivity contribution in [1.29, 1.82) is 0 Å². The zero-order valence-electron chi connectivity index (χ0n) is 9.62. The molecule has 90 valence electrons. The lowest BCUT2D eigenvalue weighted by molar-refractivity contribution is 0.522. The fourth-order valence-corrected chi connectivity index (χ4v) is 3.11. The highest BCUT2D eigenvalue weighted by molar-refractivity contribution is 7.89. The van der Waals surface area contributed by atoms with Gasteiger partial charge in [-0.25, -0.2) is 13.1 Å². The number of rotatable bonds is 6. The molecule has 5 heteroatoms. The smallest absolute Gasteiger partial charge is 0.213 e. The first-order valence-corrected chi connectivity index (χ1v) is 7.39. The van der Waals surface area contributed by atoms with Gasteiger partial charge in [0.05, 0.1) is 5.75 Å². The van der Waals surface area contributed by atoms with Crippen LogP contribution in [0.4, 0.5) is 0 Å². The Hall–Kier alpha value is -0.130. The van der Waals surface area contributed by atoms with Gasteiger partial charge in [-0.1, -0.05) is 20.3 Å². The van der Waals surface area contributed by atoms with Gasteiger partial charge in [0.2, 0.25) is 10.0 Å². The van der Waals surface area contributed by atoms with E-state index in [4.69, 9.17) is 0 Å². The molecular weight excluding hydrogens is 212 g/mol. The van der Waals surface area contributed by atoms with Crippen LogP contribution < -0.4 is 10.0 Å². The van der Waals surface area contributed by atoms with E-state index in [1.54, 1.807) is 0 Å². The van der Waals surface area contributed by atoms with Crippen LogP contribution in [0.15, 0.2) is 0 Å². The molecule has 0 radical (unpaired) electrons. The summed E-state index contributed by atoms with van der Waals surface area (Å²) >= 11 is 0. The second-order valence-corrected chi connectivity index (χ2v) is 6.29. The van der Waals surface area contributed by atoms with Gasteiger partial charge >= 0.3 is 0 Å². The summed E-state index contributed by atoms with van der Waals surface area (Å²) in [7, 11) is -3.08. The maximum atomic E-state index is 11.7. The van der Waals surface area contributed by atoms with Crippen molar-refractivity contribution in [2.75, 3.05) is 18.8 Å². The summed E-state index contributed by atoms with van der Waals surface area (Å²) in [4.78, 5) is 0. The molecule has 4 nitrogen and oxygen atoms in total. The molecule has 1 aliphatic rings. The van der Waals surface area contributed by atoms with E-state index in [1.807, 2.05) is 0 Å². The van der Waals surface area contributed by atoms with Crippen LogP contribution in [0.3, 0.4) is 0 Å². The molecule has 0 aromatic carbocycles. The van der Waals surface area contributed by atoms with Crippen molar-refractivity contribution in [3.05, 3.63) is 0 Å². The third kappa shape index (κ3) is 4.95. The van der Waals surface area contributed by atoms with Crippen molar-refractivity contribution in [2.45, 2.75) is 39.2 Å². The third-order valence-electron chi connectivity index (χ3n) is 2.93. The Balaban J connectivity index is 2.31. The first-order chi connectivity index (χ1) is 7.03. The Morgan fingerprint density at radius 1 is 1.53 bits per heavy atom.